The number of nitriles is 1. The van der Waals surface area contributed by atoms with E-state index >= 15 is 0 Å². The number of hydrogen-bond acceptors (Lipinski definition) is 3. The van der Waals surface area contributed by atoms with Crippen LogP contribution in [0, 0.1) is 11.3 Å². The molecule has 1 amide bonds. The normalized spacial score (nSPS) is 10.6. The number of aryl methyl sites for hydroxylation is 1. The highest BCUT2D eigenvalue weighted by Gasteiger charge is 2.19. The van der Waals surface area contributed by atoms with E-state index < -0.39 is 0 Å². The molecule has 0 aliphatic heterocycles. The van der Waals surface area contributed by atoms with E-state index in [0.29, 0.717) is 29.3 Å². The third-order valence-corrected chi connectivity index (χ3v) is 5.62. The molecule has 3 aromatic carbocycles. The number of amides is 1. The van der Waals surface area contributed by atoms with Crippen LogP contribution in [0.25, 0.3) is 10.9 Å². The van der Waals surface area contributed by atoms with Gasteiger partial charge in [-0.15, -0.1) is 0 Å². The van der Waals surface area contributed by atoms with Crippen molar-refractivity contribution < 1.29 is 9.53 Å². The van der Waals surface area contributed by atoms with Gasteiger partial charge in [-0.3, -0.25) is 4.79 Å². The Morgan fingerprint density at radius 2 is 1.90 bits per heavy atom. The summed E-state index contributed by atoms with van der Waals surface area (Å²) in [6.07, 6.45) is 0. The van der Waals surface area contributed by atoms with E-state index in [1.807, 2.05) is 66.2 Å². The molecule has 0 atom stereocenters. The quantitative estimate of drug-likeness (QED) is 0.419. The van der Waals surface area contributed by atoms with Crippen molar-refractivity contribution in [3.63, 3.8) is 0 Å². The zero-order valence-corrected chi connectivity index (χ0v) is 17.8. The Morgan fingerprint density at radius 3 is 2.70 bits per heavy atom. The molecule has 4 aromatic rings. The number of ether oxygens (including phenoxy) is 1. The Balaban J connectivity index is 1.51. The van der Waals surface area contributed by atoms with Crippen LogP contribution >= 0.6 is 15.9 Å². The number of anilines is 1. The monoisotopic (exact) mass is 459 g/mol. The summed E-state index contributed by atoms with van der Waals surface area (Å²) >= 11 is 3.56. The van der Waals surface area contributed by atoms with Crippen molar-refractivity contribution in [1.29, 1.82) is 5.26 Å². The average Bonchev–Trinajstić information content (AvgIpc) is 3.03. The first-order valence-electron chi connectivity index (χ1n) is 9.33. The Kier molecular flexibility index (Phi) is 5.55. The number of rotatable bonds is 5. The van der Waals surface area contributed by atoms with Crippen molar-refractivity contribution in [3.05, 3.63) is 94.1 Å². The Morgan fingerprint density at radius 1 is 1.10 bits per heavy atom. The van der Waals surface area contributed by atoms with Gasteiger partial charge in [0, 0.05) is 29.7 Å². The van der Waals surface area contributed by atoms with Crippen LogP contribution in [-0.2, 0) is 13.7 Å². The lowest BCUT2D eigenvalue weighted by molar-refractivity contribution is 0.101. The topological polar surface area (TPSA) is 67.1 Å². The third kappa shape index (κ3) is 3.93. The predicted molar refractivity (Wildman–Crippen MR) is 121 cm³/mol. The fourth-order valence-electron chi connectivity index (χ4n) is 3.35. The molecule has 0 fully saturated rings. The van der Waals surface area contributed by atoms with Crippen molar-refractivity contribution >= 4 is 38.4 Å². The van der Waals surface area contributed by atoms with Crippen LogP contribution in [-0.4, -0.2) is 10.5 Å². The standard InChI is InChI=1S/C24H18BrN3O2/c1-28-21-11-3-2-10-20(21)22(25)23(28)24(29)27-18-8-5-9-19(13-18)30-15-17-7-4-6-16(12-17)14-26/h2-13H,15H2,1H3,(H,27,29). The van der Waals surface area contributed by atoms with E-state index in [9.17, 15) is 4.79 Å². The summed E-state index contributed by atoms with van der Waals surface area (Å²) < 4.78 is 8.48. The van der Waals surface area contributed by atoms with Gasteiger partial charge in [0.05, 0.1) is 16.1 Å². The van der Waals surface area contributed by atoms with E-state index in [1.165, 1.54) is 0 Å². The molecule has 1 aromatic heterocycles. The summed E-state index contributed by atoms with van der Waals surface area (Å²) in [7, 11) is 1.87. The number of nitrogens with zero attached hydrogens (tertiary/aromatic N) is 2. The van der Waals surface area contributed by atoms with Gasteiger partial charge >= 0.3 is 0 Å². The Hall–Kier alpha value is -3.56. The molecule has 30 heavy (non-hydrogen) atoms. The van der Waals surface area contributed by atoms with Crippen molar-refractivity contribution in [2.24, 2.45) is 7.05 Å². The highest BCUT2D eigenvalue weighted by molar-refractivity contribution is 9.10. The van der Waals surface area contributed by atoms with Gasteiger partial charge in [-0.25, -0.2) is 0 Å². The summed E-state index contributed by atoms with van der Waals surface area (Å²) in [6, 6.07) is 24.5. The zero-order valence-electron chi connectivity index (χ0n) is 16.2. The van der Waals surface area contributed by atoms with Crippen LogP contribution in [0.15, 0.2) is 77.3 Å². The average molecular weight is 460 g/mol. The largest absolute Gasteiger partial charge is 0.489 e. The van der Waals surface area contributed by atoms with Gasteiger partial charge < -0.3 is 14.6 Å². The first-order chi connectivity index (χ1) is 14.6. The molecule has 1 heterocycles. The molecular formula is C24H18BrN3O2. The summed E-state index contributed by atoms with van der Waals surface area (Å²) in [4.78, 5) is 13.0. The molecule has 5 nitrogen and oxygen atoms in total. The second-order valence-electron chi connectivity index (χ2n) is 6.82. The smallest absolute Gasteiger partial charge is 0.273 e. The number of halogens is 1. The van der Waals surface area contributed by atoms with Gasteiger partial charge in [0.2, 0.25) is 0 Å². The number of nitrogens with one attached hydrogen (secondary N) is 1. The van der Waals surface area contributed by atoms with Crippen molar-refractivity contribution in [1.82, 2.24) is 4.57 Å². The van der Waals surface area contributed by atoms with Crippen LogP contribution in [0.5, 0.6) is 5.75 Å². The van der Waals surface area contributed by atoms with E-state index in [4.69, 9.17) is 10.00 Å². The van der Waals surface area contributed by atoms with Gasteiger partial charge in [0.1, 0.15) is 18.1 Å². The maximum atomic E-state index is 13.0. The second kappa shape index (κ2) is 8.44. The van der Waals surface area contributed by atoms with E-state index in [2.05, 4.69) is 27.3 Å². The number of fused-ring (bicyclic) bond motifs is 1. The zero-order chi connectivity index (χ0) is 21.1. The van der Waals surface area contributed by atoms with E-state index in [-0.39, 0.29) is 5.91 Å². The van der Waals surface area contributed by atoms with Crippen LogP contribution in [0.2, 0.25) is 0 Å². The molecule has 4 rings (SSSR count). The molecule has 0 spiro atoms. The highest BCUT2D eigenvalue weighted by atomic mass is 79.9. The van der Waals surface area contributed by atoms with Crippen molar-refractivity contribution in [2.75, 3.05) is 5.32 Å². The molecule has 148 valence electrons. The van der Waals surface area contributed by atoms with Gasteiger partial charge in [-0.1, -0.05) is 36.4 Å². The van der Waals surface area contributed by atoms with Crippen LogP contribution in [0.4, 0.5) is 5.69 Å². The number of aromatic nitrogens is 1. The molecule has 0 bridgehead atoms. The molecule has 6 heteroatoms. The molecule has 0 saturated heterocycles. The van der Waals surface area contributed by atoms with Crippen LogP contribution < -0.4 is 10.1 Å². The third-order valence-electron chi connectivity index (χ3n) is 4.81. The Bertz CT molecular complexity index is 1250. The number of hydrogen-bond donors (Lipinski definition) is 1. The van der Waals surface area contributed by atoms with Crippen LogP contribution in [0.1, 0.15) is 21.6 Å². The SMILES string of the molecule is Cn1c(C(=O)Nc2cccc(OCc3cccc(C#N)c3)c2)c(Br)c2ccccc21. The van der Waals surface area contributed by atoms with Gasteiger partial charge in [-0.05, 0) is 51.8 Å². The molecule has 0 saturated carbocycles. The second-order valence-corrected chi connectivity index (χ2v) is 7.61. The van der Waals surface area contributed by atoms with Crippen molar-refractivity contribution in [3.8, 4) is 11.8 Å². The van der Waals surface area contributed by atoms with Gasteiger partial charge in [0.25, 0.3) is 5.91 Å². The summed E-state index contributed by atoms with van der Waals surface area (Å²) in [5.41, 5.74) is 3.67. The fraction of sp³-hybridized carbons (Fsp3) is 0.0833. The Labute approximate surface area is 182 Å². The molecule has 0 radical (unpaired) electrons. The minimum absolute atomic E-state index is 0.209. The minimum atomic E-state index is -0.209. The number of benzene rings is 3. The number of para-hydroxylation sites is 1. The molecular weight excluding hydrogens is 442 g/mol. The predicted octanol–water partition coefficient (Wildman–Crippen LogP) is 5.64. The summed E-state index contributed by atoms with van der Waals surface area (Å²) in [5, 5.41) is 12.9. The number of carbonyl (C=O) groups is 1. The molecule has 1 N–H and O–H groups in total. The highest BCUT2D eigenvalue weighted by Crippen LogP contribution is 2.31. The molecule has 0 aliphatic rings. The maximum absolute atomic E-state index is 13.0. The summed E-state index contributed by atoms with van der Waals surface area (Å²) in [6.45, 7) is 0.335. The summed E-state index contributed by atoms with van der Waals surface area (Å²) in [5.74, 6) is 0.422. The van der Waals surface area contributed by atoms with E-state index in [0.717, 1.165) is 20.9 Å². The van der Waals surface area contributed by atoms with Gasteiger partial charge in [-0.2, -0.15) is 5.26 Å². The molecule has 0 aliphatic carbocycles. The van der Waals surface area contributed by atoms with Crippen molar-refractivity contribution in [2.45, 2.75) is 6.61 Å². The first-order valence-corrected chi connectivity index (χ1v) is 10.1. The lowest BCUT2D eigenvalue weighted by atomic mass is 10.1. The van der Waals surface area contributed by atoms with Crippen LogP contribution in [0.3, 0.4) is 0 Å². The molecule has 0 unspecified atom stereocenters. The lowest BCUT2D eigenvalue weighted by Gasteiger charge is -2.10. The fourth-order valence-corrected chi connectivity index (χ4v) is 4.13. The minimum Gasteiger partial charge on any atom is -0.489 e. The lowest BCUT2D eigenvalue weighted by Crippen LogP contribution is -2.16. The number of carbonyl (C=O) groups excluding carboxylic acids is 1. The van der Waals surface area contributed by atoms with Gasteiger partial charge in [0.15, 0.2) is 0 Å². The van der Waals surface area contributed by atoms with E-state index in [1.54, 1.807) is 18.2 Å². The first kappa shape index (κ1) is 19.7. The maximum Gasteiger partial charge on any atom is 0.273 e.